The molecule has 1 amide bonds. The third-order valence-corrected chi connectivity index (χ3v) is 6.18. The normalized spacial score (nSPS) is 10.9. The number of para-hydroxylation sites is 2. The van der Waals surface area contributed by atoms with Gasteiger partial charge in [0.05, 0.1) is 30.5 Å². The van der Waals surface area contributed by atoms with Crippen LogP contribution in [0.4, 0.5) is 0 Å². The predicted molar refractivity (Wildman–Crippen MR) is 144 cm³/mol. The molecule has 0 aliphatic carbocycles. The molecule has 5 aromatic rings. The lowest BCUT2D eigenvalue weighted by Gasteiger charge is -2.12. The van der Waals surface area contributed by atoms with Gasteiger partial charge in [-0.15, -0.1) is 0 Å². The lowest BCUT2D eigenvalue weighted by molar-refractivity contribution is -0.120. The van der Waals surface area contributed by atoms with Gasteiger partial charge in [0.1, 0.15) is 18.2 Å². The van der Waals surface area contributed by atoms with Crippen molar-refractivity contribution in [3.05, 3.63) is 120 Å². The first-order valence-corrected chi connectivity index (χ1v) is 12.2. The fraction of sp³-hybridized carbons (Fsp3) is 0.161. The van der Waals surface area contributed by atoms with E-state index in [-0.39, 0.29) is 5.91 Å². The Hall–Kier alpha value is -4.38. The van der Waals surface area contributed by atoms with Crippen molar-refractivity contribution >= 4 is 16.9 Å². The smallest absolute Gasteiger partial charge is 0.224 e. The quantitative estimate of drug-likeness (QED) is 0.287. The summed E-state index contributed by atoms with van der Waals surface area (Å²) in [5, 5.41) is 3.05. The topological polar surface area (TPSA) is 56.1 Å². The third-order valence-electron chi connectivity index (χ3n) is 6.18. The Morgan fingerprint density at radius 3 is 2.42 bits per heavy atom. The van der Waals surface area contributed by atoms with Crippen LogP contribution in [0, 0.1) is 6.92 Å². The highest BCUT2D eigenvalue weighted by atomic mass is 16.5. The highest BCUT2D eigenvalue weighted by molar-refractivity contribution is 5.79. The van der Waals surface area contributed by atoms with E-state index >= 15 is 0 Å². The van der Waals surface area contributed by atoms with Crippen LogP contribution < -0.4 is 10.1 Å². The van der Waals surface area contributed by atoms with Gasteiger partial charge in [-0.2, -0.15) is 0 Å². The zero-order valence-corrected chi connectivity index (χ0v) is 20.4. The minimum atomic E-state index is -0.0305. The monoisotopic (exact) mass is 475 g/mol. The minimum absolute atomic E-state index is 0.0305. The predicted octanol–water partition coefficient (Wildman–Crippen LogP) is 5.95. The van der Waals surface area contributed by atoms with E-state index in [1.807, 2.05) is 66.7 Å². The number of carbonyl (C=O) groups is 1. The number of fused-ring (bicyclic) bond motifs is 1. The molecule has 1 aromatic heterocycles. The highest BCUT2D eigenvalue weighted by Crippen LogP contribution is 2.20. The minimum Gasteiger partial charge on any atom is -0.492 e. The number of hydrogen-bond acceptors (Lipinski definition) is 3. The first-order valence-electron chi connectivity index (χ1n) is 12.2. The zero-order valence-electron chi connectivity index (χ0n) is 20.4. The van der Waals surface area contributed by atoms with Gasteiger partial charge in [-0.25, -0.2) is 4.98 Å². The number of amides is 1. The summed E-state index contributed by atoms with van der Waals surface area (Å²) in [4.78, 5) is 17.5. The van der Waals surface area contributed by atoms with E-state index in [0.29, 0.717) is 26.1 Å². The van der Waals surface area contributed by atoms with E-state index in [9.17, 15) is 4.79 Å². The standard InChI is InChI=1S/C31H29N3O2/c1-23-8-7-11-27(20-23)36-19-18-34-29-13-6-5-12-28(29)33-30(34)22-32-31(35)21-24-14-16-26(17-15-24)25-9-3-2-4-10-25/h2-17,20H,18-19,21-22H2,1H3,(H,32,35). The summed E-state index contributed by atoms with van der Waals surface area (Å²) in [6.07, 6.45) is 0.325. The number of ether oxygens (including phenoxy) is 1. The van der Waals surface area contributed by atoms with Crippen molar-refractivity contribution in [3.8, 4) is 16.9 Å². The van der Waals surface area contributed by atoms with Crippen LogP contribution >= 0.6 is 0 Å². The van der Waals surface area contributed by atoms with Gasteiger partial charge in [-0.1, -0.05) is 78.9 Å². The number of benzene rings is 4. The Morgan fingerprint density at radius 1 is 0.861 bits per heavy atom. The summed E-state index contributed by atoms with van der Waals surface area (Å²) in [6.45, 7) is 3.56. The molecule has 5 heteroatoms. The van der Waals surface area contributed by atoms with Crippen LogP contribution in [0.2, 0.25) is 0 Å². The van der Waals surface area contributed by atoms with Gasteiger partial charge in [-0.3, -0.25) is 4.79 Å². The van der Waals surface area contributed by atoms with E-state index in [1.165, 1.54) is 11.1 Å². The number of nitrogens with one attached hydrogen (secondary N) is 1. The molecule has 0 spiro atoms. The van der Waals surface area contributed by atoms with Crippen molar-refractivity contribution in [2.24, 2.45) is 0 Å². The summed E-state index contributed by atoms with van der Waals surface area (Å²) in [6, 6.07) is 34.4. The van der Waals surface area contributed by atoms with E-state index in [1.54, 1.807) is 0 Å². The Morgan fingerprint density at radius 2 is 1.61 bits per heavy atom. The lowest BCUT2D eigenvalue weighted by Crippen LogP contribution is -2.26. The number of aromatic nitrogens is 2. The molecular weight excluding hydrogens is 446 g/mol. The van der Waals surface area contributed by atoms with Crippen molar-refractivity contribution in [1.82, 2.24) is 14.9 Å². The second-order valence-corrected chi connectivity index (χ2v) is 8.85. The van der Waals surface area contributed by atoms with Crippen LogP contribution in [0.3, 0.4) is 0 Å². The van der Waals surface area contributed by atoms with E-state index in [2.05, 4.69) is 53.2 Å². The number of hydrogen-bond donors (Lipinski definition) is 1. The van der Waals surface area contributed by atoms with Crippen molar-refractivity contribution in [2.45, 2.75) is 26.4 Å². The lowest BCUT2D eigenvalue weighted by atomic mass is 10.0. The second kappa shape index (κ2) is 10.9. The average Bonchev–Trinajstić information content (AvgIpc) is 3.26. The first-order chi connectivity index (χ1) is 17.7. The van der Waals surface area contributed by atoms with E-state index in [0.717, 1.165) is 33.7 Å². The Balaban J connectivity index is 1.22. The fourth-order valence-electron chi connectivity index (χ4n) is 4.34. The summed E-state index contributed by atoms with van der Waals surface area (Å²) in [5.74, 6) is 1.64. The molecule has 0 radical (unpaired) electrons. The fourth-order valence-corrected chi connectivity index (χ4v) is 4.34. The van der Waals surface area contributed by atoms with Crippen molar-refractivity contribution in [2.75, 3.05) is 6.61 Å². The number of aryl methyl sites for hydroxylation is 1. The third kappa shape index (κ3) is 5.63. The molecule has 0 fully saturated rings. The van der Waals surface area contributed by atoms with Crippen LogP contribution in [0.25, 0.3) is 22.2 Å². The van der Waals surface area contributed by atoms with Crippen molar-refractivity contribution in [1.29, 1.82) is 0 Å². The Kier molecular flexibility index (Phi) is 7.08. The van der Waals surface area contributed by atoms with Gasteiger partial charge in [0, 0.05) is 0 Å². The molecule has 0 aliphatic heterocycles. The maximum absolute atomic E-state index is 12.7. The molecule has 1 N–H and O–H groups in total. The molecule has 5 nitrogen and oxygen atoms in total. The van der Waals surface area contributed by atoms with Gasteiger partial charge in [-0.05, 0) is 53.4 Å². The summed E-state index contributed by atoms with van der Waals surface area (Å²) in [5.41, 5.74) is 6.39. The van der Waals surface area contributed by atoms with Gasteiger partial charge in [0.2, 0.25) is 5.91 Å². The van der Waals surface area contributed by atoms with Crippen LogP contribution in [-0.2, 0) is 24.3 Å². The van der Waals surface area contributed by atoms with Gasteiger partial charge in [0.25, 0.3) is 0 Å². The van der Waals surface area contributed by atoms with Crippen LogP contribution in [-0.4, -0.2) is 22.1 Å². The molecule has 0 atom stereocenters. The Labute approximate surface area is 211 Å². The molecule has 4 aromatic carbocycles. The molecule has 5 rings (SSSR count). The van der Waals surface area contributed by atoms with Crippen molar-refractivity contribution in [3.63, 3.8) is 0 Å². The van der Waals surface area contributed by atoms with E-state index in [4.69, 9.17) is 9.72 Å². The maximum Gasteiger partial charge on any atom is 0.224 e. The number of nitrogens with zero attached hydrogens (tertiary/aromatic N) is 2. The van der Waals surface area contributed by atoms with Crippen LogP contribution in [0.1, 0.15) is 17.0 Å². The zero-order chi connectivity index (χ0) is 24.7. The molecule has 0 aliphatic rings. The molecule has 0 unspecified atom stereocenters. The van der Waals surface area contributed by atoms with Crippen LogP contribution in [0.5, 0.6) is 5.75 Å². The largest absolute Gasteiger partial charge is 0.492 e. The second-order valence-electron chi connectivity index (χ2n) is 8.85. The molecule has 0 saturated carbocycles. The molecule has 0 bridgehead atoms. The van der Waals surface area contributed by atoms with Crippen LogP contribution in [0.15, 0.2) is 103 Å². The summed E-state index contributed by atoms with van der Waals surface area (Å²) >= 11 is 0. The summed E-state index contributed by atoms with van der Waals surface area (Å²) in [7, 11) is 0. The highest BCUT2D eigenvalue weighted by Gasteiger charge is 2.12. The average molecular weight is 476 g/mol. The number of imidazole rings is 1. The molecule has 36 heavy (non-hydrogen) atoms. The maximum atomic E-state index is 12.7. The molecular formula is C31H29N3O2. The molecule has 0 saturated heterocycles. The number of carbonyl (C=O) groups excluding carboxylic acids is 1. The molecule has 180 valence electrons. The SMILES string of the molecule is Cc1cccc(OCCn2c(CNC(=O)Cc3ccc(-c4ccccc4)cc3)nc3ccccc32)c1. The van der Waals surface area contributed by atoms with Crippen molar-refractivity contribution < 1.29 is 9.53 Å². The number of rotatable bonds is 9. The van der Waals surface area contributed by atoms with Gasteiger partial charge >= 0.3 is 0 Å². The van der Waals surface area contributed by atoms with Gasteiger partial charge in [0.15, 0.2) is 0 Å². The summed E-state index contributed by atoms with van der Waals surface area (Å²) < 4.78 is 8.10. The molecule has 1 heterocycles. The van der Waals surface area contributed by atoms with Gasteiger partial charge < -0.3 is 14.6 Å². The van der Waals surface area contributed by atoms with E-state index < -0.39 is 0 Å². The first kappa shape index (κ1) is 23.4. The Bertz CT molecular complexity index is 1460.